The van der Waals surface area contributed by atoms with E-state index in [9.17, 15) is 4.79 Å². The molecule has 0 unspecified atom stereocenters. The maximum absolute atomic E-state index is 12.7. The number of urea groups is 1. The first-order valence-corrected chi connectivity index (χ1v) is 10.4. The van der Waals surface area contributed by atoms with Crippen LogP contribution in [0.2, 0.25) is 0 Å². The fourth-order valence-corrected chi connectivity index (χ4v) is 4.31. The van der Waals surface area contributed by atoms with Crippen molar-refractivity contribution in [3.05, 3.63) is 47.4 Å². The lowest BCUT2D eigenvalue weighted by atomic mass is 9.82. The highest BCUT2D eigenvalue weighted by Gasteiger charge is 2.25. The molecule has 1 aliphatic heterocycles. The molecule has 1 aromatic carbocycles. The van der Waals surface area contributed by atoms with Crippen molar-refractivity contribution in [2.75, 3.05) is 44.7 Å². The lowest BCUT2D eigenvalue weighted by Gasteiger charge is -2.36. The number of methoxy groups -OCH3 is 1. The molecule has 0 saturated carbocycles. The maximum Gasteiger partial charge on any atom is 0.317 e. The third-order valence-electron chi connectivity index (χ3n) is 5.94. The fraction of sp³-hybridized carbons (Fsp3) is 0.500. The van der Waals surface area contributed by atoms with Crippen LogP contribution in [0.15, 0.2) is 30.5 Å². The molecule has 1 saturated heterocycles. The van der Waals surface area contributed by atoms with Gasteiger partial charge in [-0.05, 0) is 55.5 Å². The second kappa shape index (κ2) is 8.68. The highest BCUT2D eigenvalue weighted by molar-refractivity contribution is 5.74. The molecule has 0 radical (unpaired) electrons. The number of nitrogens with zero attached hydrogens (tertiary/aromatic N) is 4. The van der Waals surface area contributed by atoms with Crippen LogP contribution >= 0.6 is 0 Å². The van der Waals surface area contributed by atoms with E-state index < -0.39 is 0 Å². The zero-order valence-electron chi connectivity index (χ0n) is 17.2. The maximum atomic E-state index is 12.7. The number of fused-ring (bicyclic) bond motifs is 1. The quantitative estimate of drug-likeness (QED) is 0.862. The van der Waals surface area contributed by atoms with Crippen LogP contribution in [0.1, 0.15) is 35.7 Å². The van der Waals surface area contributed by atoms with Gasteiger partial charge in [0.25, 0.3) is 0 Å². The number of piperazine rings is 1. The van der Waals surface area contributed by atoms with Gasteiger partial charge in [0.2, 0.25) is 0 Å². The minimum atomic E-state index is 0.0316. The van der Waals surface area contributed by atoms with Gasteiger partial charge in [-0.25, -0.2) is 14.8 Å². The normalized spacial score (nSPS) is 18.9. The van der Waals surface area contributed by atoms with Crippen LogP contribution < -0.4 is 15.0 Å². The van der Waals surface area contributed by atoms with Gasteiger partial charge >= 0.3 is 6.03 Å². The van der Waals surface area contributed by atoms with Crippen LogP contribution in [-0.2, 0) is 6.42 Å². The zero-order chi connectivity index (χ0) is 20.2. The lowest BCUT2D eigenvalue weighted by Crippen LogP contribution is -2.52. The van der Waals surface area contributed by atoms with Gasteiger partial charge < -0.3 is 19.9 Å². The first kappa shape index (κ1) is 19.5. The largest absolute Gasteiger partial charge is 0.497 e. The number of nitrogens with one attached hydrogen (secondary N) is 1. The number of hydrogen-bond acceptors (Lipinski definition) is 5. The van der Waals surface area contributed by atoms with E-state index in [4.69, 9.17) is 4.74 Å². The van der Waals surface area contributed by atoms with Crippen LogP contribution in [0.4, 0.5) is 10.6 Å². The van der Waals surface area contributed by atoms with Crippen molar-refractivity contribution < 1.29 is 9.53 Å². The van der Waals surface area contributed by atoms with Gasteiger partial charge in [0, 0.05) is 44.8 Å². The molecule has 2 amide bonds. The van der Waals surface area contributed by atoms with E-state index in [1.807, 2.05) is 24.0 Å². The molecule has 1 fully saturated rings. The van der Waals surface area contributed by atoms with Gasteiger partial charge in [0.15, 0.2) is 0 Å². The Labute approximate surface area is 172 Å². The van der Waals surface area contributed by atoms with Crippen LogP contribution in [0.25, 0.3) is 0 Å². The molecule has 1 N–H and O–H groups in total. The summed E-state index contributed by atoms with van der Waals surface area (Å²) in [5.74, 6) is 2.99. The molecular formula is C22H29N5O2. The van der Waals surface area contributed by atoms with E-state index in [-0.39, 0.29) is 6.03 Å². The van der Waals surface area contributed by atoms with Gasteiger partial charge in [0.05, 0.1) is 7.11 Å². The zero-order valence-corrected chi connectivity index (χ0v) is 17.2. The van der Waals surface area contributed by atoms with E-state index in [0.717, 1.165) is 49.7 Å². The number of ether oxygens (including phenoxy) is 1. The minimum Gasteiger partial charge on any atom is -0.497 e. The smallest absolute Gasteiger partial charge is 0.317 e. The summed E-state index contributed by atoms with van der Waals surface area (Å²) in [6, 6.07) is 8.28. The number of amides is 2. The highest BCUT2D eigenvalue weighted by atomic mass is 16.5. The molecular weight excluding hydrogens is 366 g/mol. The summed E-state index contributed by atoms with van der Waals surface area (Å²) in [6.45, 7) is 5.56. The lowest BCUT2D eigenvalue weighted by molar-refractivity contribution is 0.193. The Morgan fingerprint density at radius 2 is 2.07 bits per heavy atom. The summed E-state index contributed by atoms with van der Waals surface area (Å²) in [6.07, 6.45) is 5.13. The second-order valence-electron chi connectivity index (χ2n) is 7.78. The van der Waals surface area contributed by atoms with Crippen molar-refractivity contribution in [1.82, 2.24) is 20.2 Å². The molecule has 29 heavy (non-hydrogen) atoms. The monoisotopic (exact) mass is 395 g/mol. The van der Waals surface area contributed by atoms with Crippen LogP contribution in [-0.4, -0.2) is 60.7 Å². The Morgan fingerprint density at radius 3 is 2.83 bits per heavy atom. The topological polar surface area (TPSA) is 70.6 Å². The predicted molar refractivity (Wildman–Crippen MR) is 113 cm³/mol. The van der Waals surface area contributed by atoms with Crippen LogP contribution in [0, 0.1) is 6.92 Å². The second-order valence-corrected chi connectivity index (χ2v) is 7.78. The summed E-state index contributed by atoms with van der Waals surface area (Å²) in [7, 11) is 1.70. The number of hydrogen-bond donors (Lipinski definition) is 1. The molecule has 7 heteroatoms. The van der Waals surface area contributed by atoms with Gasteiger partial charge in [-0.15, -0.1) is 0 Å². The van der Waals surface area contributed by atoms with Crippen molar-refractivity contribution >= 4 is 11.8 Å². The molecule has 154 valence electrons. The van der Waals surface area contributed by atoms with Crippen molar-refractivity contribution in [2.24, 2.45) is 0 Å². The Morgan fingerprint density at radius 1 is 1.24 bits per heavy atom. The SMILES string of the molecule is COc1ccc2c(c1)CCC[C@H]2CNC(=O)N1CCN(c2ccnc(C)n2)CC1. The number of aromatic nitrogens is 2. The average Bonchev–Trinajstić information content (AvgIpc) is 2.77. The first-order valence-electron chi connectivity index (χ1n) is 10.4. The Balaban J connectivity index is 1.30. The minimum absolute atomic E-state index is 0.0316. The standard InChI is InChI=1S/C22H29N5O2/c1-16-23-9-8-21(25-16)26-10-12-27(13-11-26)22(28)24-15-18-5-3-4-17-14-19(29-2)6-7-20(17)18/h6-9,14,18H,3-5,10-13,15H2,1-2H3,(H,24,28)/t18-/m0/s1. The molecule has 0 bridgehead atoms. The van der Waals surface area contributed by atoms with Crippen molar-refractivity contribution in [3.8, 4) is 5.75 Å². The number of benzene rings is 1. The van der Waals surface area contributed by atoms with Crippen LogP contribution in [0.5, 0.6) is 5.75 Å². The number of carbonyl (C=O) groups is 1. The first-order chi connectivity index (χ1) is 14.1. The van der Waals surface area contributed by atoms with E-state index in [2.05, 4.69) is 32.3 Å². The van der Waals surface area contributed by atoms with Crippen molar-refractivity contribution in [3.63, 3.8) is 0 Å². The molecule has 7 nitrogen and oxygen atoms in total. The highest BCUT2D eigenvalue weighted by Crippen LogP contribution is 2.33. The van der Waals surface area contributed by atoms with Gasteiger partial charge in [-0.1, -0.05) is 6.07 Å². The van der Waals surface area contributed by atoms with E-state index >= 15 is 0 Å². The van der Waals surface area contributed by atoms with Gasteiger partial charge in [-0.2, -0.15) is 0 Å². The Hall–Kier alpha value is -2.83. The average molecular weight is 396 g/mol. The molecule has 2 heterocycles. The van der Waals surface area contributed by atoms with E-state index in [1.54, 1.807) is 13.3 Å². The summed E-state index contributed by atoms with van der Waals surface area (Å²) >= 11 is 0. The number of anilines is 1. The predicted octanol–water partition coefficient (Wildman–Crippen LogP) is 2.75. The Bertz CT molecular complexity index is 864. The fourth-order valence-electron chi connectivity index (χ4n) is 4.31. The third-order valence-corrected chi connectivity index (χ3v) is 5.94. The summed E-state index contributed by atoms with van der Waals surface area (Å²) < 4.78 is 5.35. The molecule has 1 aliphatic carbocycles. The van der Waals surface area contributed by atoms with Crippen molar-refractivity contribution in [2.45, 2.75) is 32.1 Å². The molecule has 1 aromatic heterocycles. The molecule has 4 rings (SSSR count). The Kier molecular flexibility index (Phi) is 5.83. The van der Waals surface area contributed by atoms with Gasteiger partial charge in [-0.3, -0.25) is 0 Å². The van der Waals surface area contributed by atoms with Crippen molar-refractivity contribution in [1.29, 1.82) is 0 Å². The van der Waals surface area contributed by atoms with Crippen LogP contribution in [0.3, 0.4) is 0 Å². The third kappa shape index (κ3) is 4.44. The number of carbonyl (C=O) groups excluding carboxylic acids is 1. The summed E-state index contributed by atoms with van der Waals surface area (Å²) in [5.41, 5.74) is 2.70. The van der Waals surface area contributed by atoms with E-state index in [0.29, 0.717) is 25.6 Å². The summed E-state index contributed by atoms with van der Waals surface area (Å²) in [4.78, 5) is 25.5. The van der Waals surface area contributed by atoms with Gasteiger partial charge in [0.1, 0.15) is 17.4 Å². The summed E-state index contributed by atoms with van der Waals surface area (Å²) in [5, 5.41) is 3.17. The van der Waals surface area contributed by atoms with E-state index in [1.165, 1.54) is 11.1 Å². The number of aryl methyl sites for hydroxylation is 2. The molecule has 2 aliphatic rings. The molecule has 1 atom stereocenters. The molecule has 2 aromatic rings. The molecule has 0 spiro atoms. The number of rotatable bonds is 4.